The number of nitrogens with zero attached hydrogens (tertiary/aromatic N) is 2. The van der Waals surface area contributed by atoms with E-state index in [0.717, 1.165) is 0 Å². The maximum absolute atomic E-state index is 2.53. The summed E-state index contributed by atoms with van der Waals surface area (Å²) in [7, 11) is 2.22. The molecule has 182 valence electrons. The third-order valence-corrected chi connectivity index (χ3v) is 6.97. The first-order chi connectivity index (χ1) is 15.3. The van der Waals surface area contributed by atoms with Crippen molar-refractivity contribution in [3.63, 3.8) is 0 Å². The highest BCUT2D eigenvalue weighted by molar-refractivity contribution is 4.82. The summed E-state index contributed by atoms with van der Waals surface area (Å²) in [6.07, 6.45) is 35.7. The van der Waals surface area contributed by atoms with Gasteiger partial charge in [-0.05, 0) is 19.3 Å². The number of aryl methyl sites for hydroxylation is 2. The number of hydrogen-bond acceptors (Lipinski definition) is 0. The topological polar surface area (TPSA) is 8.81 Å². The zero-order chi connectivity index (χ0) is 22.4. The standard InChI is InChI=1S/C29H57N2/c1-4-6-8-10-12-14-15-16-17-19-21-23-25-29-30(3)27-28-31(29)26-24-22-20-18-13-11-9-7-5-2/h27-28H,4-26H2,1-3H3/q+1. The second kappa shape index (κ2) is 21.1. The molecule has 0 aliphatic heterocycles. The second-order valence-electron chi connectivity index (χ2n) is 9.99. The van der Waals surface area contributed by atoms with Crippen LogP contribution in [0.3, 0.4) is 0 Å². The van der Waals surface area contributed by atoms with Crippen molar-refractivity contribution < 1.29 is 4.57 Å². The number of unbranched alkanes of at least 4 members (excludes halogenated alkanes) is 19. The third kappa shape index (κ3) is 15.6. The minimum Gasteiger partial charge on any atom is -0.237 e. The molecule has 2 nitrogen and oxygen atoms in total. The Morgan fingerprint density at radius 3 is 1.39 bits per heavy atom. The van der Waals surface area contributed by atoms with Crippen molar-refractivity contribution in [2.75, 3.05) is 0 Å². The van der Waals surface area contributed by atoms with E-state index in [2.05, 4.69) is 42.4 Å². The molecule has 0 aliphatic carbocycles. The van der Waals surface area contributed by atoms with Gasteiger partial charge in [0.25, 0.3) is 5.82 Å². The van der Waals surface area contributed by atoms with Crippen LogP contribution < -0.4 is 4.57 Å². The number of aromatic nitrogens is 2. The van der Waals surface area contributed by atoms with E-state index in [0.29, 0.717) is 0 Å². The van der Waals surface area contributed by atoms with Crippen LogP contribution >= 0.6 is 0 Å². The Labute approximate surface area is 196 Å². The lowest BCUT2D eigenvalue weighted by atomic mass is 10.0. The van der Waals surface area contributed by atoms with E-state index in [1.54, 1.807) is 0 Å². The summed E-state index contributed by atoms with van der Waals surface area (Å²) in [5.74, 6) is 1.53. The van der Waals surface area contributed by atoms with Crippen molar-refractivity contribution in [1.82, 2.24) is 4.57 Å². The lowest BCUT2D eigenvalue weighted by Gasteiger charge is -2.05. The minimum absolute atomic E-state index is 1.21. The molecule has 0 saturated carbocycles. The second-order valence-corrected chi connectivity index (χ2v) is 9.99. The normalized spacial score (nSPS) is 11.5. The van der Waals surface area contributed by atoms with Gasteiger partial charge in [0.05, 0.1) is 13.6 Å². The van der Waals surface area contributed by atoms with E-state index < -0.39 is 0 Å². The van der Waals surface area contributed by atoms with Crippen molar-refractivity contribution >= 4 is 0 Å². The molecule has 1 aromatic rings. The Balaban J connectivity index is 2.00. The fourth-order valence-corrected chi connectivity index (χ4v) is 4.80. The molecule has 0 bridgehead atoms. The molecule has 1 aromatic heterocycles. The van der Waals surface area contributed by atoms with Gasteiger partial charge in [-0.25, -0.2) is 9.13 Å². The first kappa shape index (κ1) is 28.2. The van der Waals surface area contributed by atoms with E-state index in [4.69, 9.17) is 0 Å². The summed E-state index contributed by atoms with van der Waals surface area (Å²) in [4.78, 5) is 0. The van der Waals surface area contributed by atoms with Crippen molar-refractivity contribution in [2.24, 2.45) is 7.05 Å². The average molecular weight is 434 g/mol. The average Bonchev–Trinajstić information content (AvgIpc) is 3.12. The van der Waals surface area contributed by atoms with Gasteiger partial charge < -0.3 is 0 Å². The molecule has 0 aliphatic rings. The van der Waals surface area contributed by atoms with Crippen LogP contribution in [0.15, 0.2) is 12.4 Å². The fraction of sp³-hybridized carbons (Fsp3) is 0.897. The van der Waals surface area contributed by atoms with E-state index in [1.807, 2.05) is 0 Å². The summed E-state index contributed by atoms with van der Waals surface area (Å²) >= 11 is 0. The molecule has 0 fully saturated rings. The third-order valence-electron chi connectivity index (χ3n) is 6.97. The summed E-state index contributed by atoms with van der Waals surface area (Å²) in [6.45, 7) is 5.81. The fourth-order valence-electron chi connectivity index (χ4n) is 4.80. The van der Waals surface area contributed by atoms with Crippen LogP contribution in [0.4, 0.5) is 0 Å². The summed E-state index contributed by atoms with van der Waals surface area (Å²) in [5.41, 5.74) is 0. The zero-order valence-corrected chi connectivity index (χ0v) is 21.8. The van der Waals surface area contributed by atoms with Gasteiger partial charge >= 0.3 is 0 Å². The Morgan fingerprint density at radius 2 is 0.935 bits per heavy atom. The minimum atomic E-state index is 1.21. The van der Waals surface area contributed by atoms with Crippen LogP contribution in [0.1, 0.15) is 155 Å². The Morgan fingerprint density at radius 1 is 0.548 bits per heavy atom. The Bertz CT molecular complexity index is 491. The molecule has 1 rings (SSSR count). The van der Waals surface area contributed by atoms with Gasteiger partial charge in [0.1, 0.15) is 12.4 Å². The van der Waals surface area contributed by atoms with Crippen molar-refractivity contribution in [3.05, 3.63) is 18.2 Å². The van der Waals surface area contributed by atoms with Crippen LogP contribution in [-0.2, 0) is 20.0 Å². The smallest absolute Gasteiger partial charge is 0.237 e. The molecule has 1 heterocycles. The first-order valence-electron chi connectivity index (χ1n) is 14.3. The molecule has 0 atom stereocenters. The molecule has 0 saturated heterocycles. The predicted octanol–water partition coefficient (Wildman–Crippen LogP) is 9.09. The van der Waals surface area contributed by atoms with Gasteiger partial charge in [-0.1, -0.05) is 129 Å². The SMILES string of the molecule is CCCCCCCCCCCCCCc1n(C)cc[n+]1CCCCCCCCCCC. The summed E-state index contributed by atoms with van der Waals surface area (Å²) in [5, 5.41) is 0. The lowest BCUT2D eigenvalue weighted by Crippen LogP contribution is -2.37. The van der Waals surface area contributed by atoms with Gasteiger partial charge in [-0.3, -0.25) is 0 Å². The number of rotatable bonds is 23. The van der Waals surface area contributed by atoms with Crippen molar-refractivity contribution in [3.8, 4) is 0 Å². The number of hydrogen-bond donors (Lipinski definition) is 0. The number of imidazole rings is 1. The maximum atomic E-state index is 2.53. The molecule has 31 heavy (non-hydrogen) atoms. The van der Waals surface area contributed by atoms with Crippen molar-refractivity contribution in [2.45, 2.75) is 162 Å². The van der Waals surface area contributed by atoms with Crippen LogP contribution in [0, 0.1) is 0 Å². The quantitative estimate of drug-likeness (QED) is 0.120. The zero-order valence-electron chi connectivity index (χ0n) is 21.8. The first-order valence-corrected chi connectivity index (χ1v) is 14.3. The van der Waals surface area contributed by atoms with Crippen molar-refractivity contribution in [1.29, 1.82) is 0 Å². The Kier molecular flexibility index (Phi) is 19.2. The maximum Gasteiger partial charge on any atom is 0.256 e. The van der Waals surface area contributed by atoms with Gasteiger partial charge in [-0.15, -0.1) is 0 Å². The highest BCUT2D eigenvalue weighted by atomic mass is 15.1. The summed E-state index contributed by atoms with van der Waals surface area (Å²) in [6, 6.07) is 0. The molecule has 0 radical (unpaired) electrons. The molecule has 0 N–H and O–H groups in total. The lowest BCUT2D eigenvalue weighted by molar-refractivity contribution is -0.704. The predicted molar refractivity (Wildman–Crippen MR) is 138 cm³/mol. The van der Waals surface area contributed by atoms with E-state index in [-0.39, 0.29) is 0 Å². The van der Waals surface area contributed by atoms with Gasteiger partial charge in [0.2, 0.25) is 0 Å². The van der Waals surface area contributed by atoms with Crippen LogP contribution in [0.25, 0.3) is 0 Å². The molecular formula is C29H57N2+. The monoisotopic (exact) mass is 433 g/mol. The van der Waals surface area contributed by atoms with Crippen LogP contribution in [-0.4, -0.2) is 4.57 Å². The molecule has 0 unspecified atom stereocenters. The van der Waals surface area contributed by atoms with E-state index in [1.165, 1.54) is 154 Å². The van der Waals surface area contributed by atoms with Gasteiger partial charge in [0.15, 0.2) is 0 Å². The Hall–Kier alpha value is -0.790. The molecule has 0 aromatic carbocycles. The molecular weight excluding hydrogens is 376 g/mol. The van der Waals surface area contributed by atoms with Gasteiger partial charge in [-0.2, -0.15) is 0 Å². The van der Waals surface area contributed by atoms with Crippen LogP contribution in [0.2, 0.25) is 0 Å². The summed E-state index contributed by atoms with van der Waals surface area (Å²) < 4.78 is 4.88. The highest BCUT2D eigenvalue weighted by Gasteiger charge is 2.13. The van der Waals surface area contributed by atoms with E-state index in [9.17, 15) is 0 Å². The highest BCUT2D eigenvalue weighted by Crippen LogP contribution is 2.13. The van der Waals surface area contributed by atoms with Gasteiger partial charge in [0, 0.05) is 6.42 Å². The van der Waals surface area contributed by atoms with Crippen LogP contribution in [0.5, 0.6) is 0 Å². The molecule has 0 amide bonds. The molecule has 0 spiro atoms. The molecule has 2 heteroatoms. The largest absolute Gasteiger partial charge is 0.256 e. The van der Waals surface area contributed by atoms with E-state index >= 15 is 0 Å².